The van der Waals surface area contributed by atoms with Crippen molar-refractivity contribution in [3.63, 3.8) is 0 Å². The van der Waals surface area contributed by atoms with Gasteiger partial charge in [0.05, 0.1) is 6.21 Å². The van der Waals surface area contributed by atoms with E-state index in [4.69, 9.17) is 0 Å². The molecular weight excluding hydrogens is 414 g/mol. The Morgan fingerprint density at radius 1 is 1.10 bits per heavy atom. The van der Waals surface area contributed by atoms with Crippen molar-refractivity contribution in [2.45, 2.75) is 36.5 Å². The van der Waals surface area contributed by atoms with E-state index < -0.39 is 22.4 Å². The molecule has 9 heteroatoms. The minimum absolute atomic E-state index is 0.0228. The highest BCUT2D eigenvalue weighted by atomic mass is 32.2. The molecule has 0 saturated heterocycles. The first-order valence-electron chi connectivity index (χ1n) is 9.58. The van der Waals surface area contributed by atoms with Crippen LogP contribution in [0.25, 0.3) is 0 Å². The van der Waals surface area contributed by atoms with Crippen molar-refractivity contribution in [3.8, 4) is 0 Å². The number of nitrogens with one attached hydrogen (secondary N) is 3. The number of H-pyrrole nitrogens is 2. The summed E-state index contributed by atoms with van der Waals surface area (Å²) in [7, 11) is 0. The Hall–Kier alpha value is -3.46. The number of amides is 1. The molecule has 0 radical (unpaired) electrons. The standard InChI is InChI=1S/C22H23N5O3S/c1-22(2,3)16-11-9-14(10-12-16)13-23-25-18(28)17(15-7-5-4-6-8-15)31-20-19(29)24-21(30)27-26-20/h4-13,17H,1-3H3,(H,25,28)(H2,24,27,29,30)/b23-13-. The van der Waals surface area contributed by atoms with Gasteiger partial charge in [-0.1, -0.05) is 87.1 Å². The first-order valence-corrected chi connectivity index (χ1v) is 10.5. The third-order valence-electron chi connectivity index (χ3n) is 4.42. The number of benzene rings is 2. The zero-order valence-electron chi connectivity index (χ0n) is 17.4. The maximum atomic E-state index is 12.8. The molecule has 0 saturated carbocycles. The van der Waals surface area contributed by atoms with Gasteiger partial charge in [0.25, 0.3) is 11.5 Å². The van der Waals surface area contributed by atoms with Crippen LogP contribution < -0.4 is 16.7 Å². The molecule has 0 bridgehead atoms. The molecule has 1 unspecified atom stereocenters. The van der Waals surface area contributed by atoms with Crippen LogP contribution in [0.2, 0.25) is 0 Å². The molecule has 0 fully saturated rings. The third kappa shape index (κ3) is 6.02. The molecule has 0 spiro atoms. The van der Waals surface area contributed by atoms with Gasteiger partial charge in [-0.15, -0.1) is 0 Å². The number of carbonyl (C=O) groups is 1. The summed E-state index contributed by atoms with van der Waals surface area (Å²) < 4.78 is 0. The van der Waals surface area contributed by atoms with Gasteiger partial charge in [0.1, 0.15) is 5.25 Å². The fourth-order valence-electron chi connectivity index (χ4n) is 2.73. The normalized spacial score (nSPS) is 12.6. The van der Waals surface area contributed by atoms with Crippen LogP contribution in [0.1, 0.15) is 42.7 Å². The molecule has 3 N–H and O–H groups in total. The fourth-order valence-corrected chi connectivity index (χ4v) is 3.66. The van der Waals surface area contributed by atoms with E-state index in [9.17, 15) is 14.4 Å². The minimum atomic E-state index is -0.791. The second-order valence-electron chi connectivity index (χ2n) is 7.83. The number of hydrogen-bond donors (Lipinski definition) is 3. The van der Waals surface area contributed by atoms with Crippen LogP contribution in [-0.4, -0.2) is 27.3 Å². The fraction of sp³-hybridized carbons (Fsp3) is 0.227. The van der Waals surface area contributed by atoms with Gasteiger partial charge < -0.3 is 0 Å². The number of carbonyl (C=O) groups excluding carboxylic acids is 1. The van der Waals surface area contributed by atoms with E-state index in [0.717, 1.165) is 17.3 Å². The Bertz CT molecular complexity index is 1180. The van der Waals surface area contributed by atoms with Gasteiger partial charge in [-0.25, -0.2) is 15.3 Å². The topological polar surface area (TPSA) is 120 Å². The van der Waals surface area contributed by atoms with E-state index in [-0.39, 0.29) is 10.4 Å². The first kappa shape index (κ1) is 22.2. The lowest BCUT2D eigenvalue weighted by Gasteiger charge is -2.18. The van der Waals surface area contributed by atoms with Crippen LogP contribution in [0.15, 0.2) is 74.3 Å². The molecule has 3 rings (SSSR count). The SMILES string of the molecule is CC(C)(C)c1ccc(/C=N\NC(=O)C(Sc2n[nH]c(=O)[nH]c2=O)c2ccccc2)cc1. The van der Waals surface area contributed by atoms with Crippen molar-refractivity contribution in [2.24, 2.45) is 5.10 Å². The molecule has 2 aromatic carbocycles. The van der Waals surface area contributed by atoms with Gasteiger partial charge in [0, 0.05) is 0 Å². The highest BCUT2D eigenvalue weighted by molar-refractivity contribution is 8.00. The highest BCUT2D eigenvalue weighted by Gasteiger charge is 2.24. The summed E-state index contributed by atoms with van der Waals surface area (Å²) in [5, 5.41) is 9.16. The largest absolute Gasteiger partial charge is 0.342 e. The molecule has 1 aromatic heterocycles. The summed E-state index contributed by atoms with van der Waals surface area (Å²) >= 11 is 0.925. The molecule has 0 aliphatic heterocycles. The van der Waals surface area contributed by atoms with E-state index in [0.29, 0.717) is 5.56 Å². The summed E-state index contributed by atoms with van der Waals surface area (Å²) in [4.78, 5) is 38.2. The molecule has 0 aliphatic rings. The maximum Gasteiger partial charge on any atom is 0.342 e. The van der Waals surface area contributed by atoms with Gasteiger partial charge in [-0.3, -0.25) is 14.6 Å². The van der Waals surface area contributed by atoms with Crippen LogP contribution in [0, 0.1) is 0 Å². The number of hydrazone groups is 1. The molecule has 1 atom stereocenters. The average molecular weight is 438 g/mol. The van der Waals surface area contributed by atoms with Gasteiger partial charge in [0.2, 0.25) is 0 Å². The molecule has 1 heterocycles. The lowest BCUT2D eigenvalue weighted by atomic mass is 9.87. The van der Waals surface area contributed by atoms with Crippen molar-refractivity contribution >= 4 is 23.9 Å². The molecule has 0 aliphatic carbocycles. The van der Waals surface area contributed by atoms with Crippen molar-refractivity contribution in [1.82, 2.24) is 20.6 Å². The van der Waals surface area contributed by atoms with E-state index in [1.54, 1.807) is 30.5 Å². The summed E-state index contributed by atoms with van der Waals surface area (Å²) in [5.41, 5.74) is 3.92. The predicted molar refractivity (Wildman–Crippen MR) is 121 cm³/mol. The van der Waals surface area contributed by atoms with E-state index in [2.05, 4.69) is 46.5 Å². The number of thioether (sulfide) groups is 1. The van der Waals surface area contributed by atoms with Crippen molar-refractivity contribution in [1.29, 1.82) is 0 Å². The monoisotopic (exact) mass is 437 g/mol. The molecule has 31 heavy (non-hydrogen) atoms. The smallest absolute Gasteiger partial charge is 0.271 e. The van der Waals surface area contributed by atoms with E-state index in [1.807, 2.05) is 30.3 Å². The maximum absolute atomic E-state index is 12.8. The molecule has 160 valence electrons. The molecule has 1 amide bonds. The number of rotatable bonds is 6. The van der Waals surface area contributed by atoms with Crippen molar-refractivity contribution in [3.05, 3.63) is 92.1 Å². The summed E-state index contributed by atoms with van der Waals surface area (Å²) in [6.07, 6.45) is 1.56. The van der Waals surface area contributed by atoms with Crippen molar-refractivity contribution in [2.75, 3.05) is 0 Å². The van der Waals surface area contributed by atoms with Gasteiger partial charge in [-0.05, 0) is 22.1 Å². The van der Waals surface area contributed by atoms with Gasteiger partial charge in [-0.2, -0.15) is 10.2 Å². The number of aromatic amines is 2. The van der Waals surface area contributed by atoms with Crippen molar-refractivity contribution < 1.29 is 4.79 Å². The Kier molecular flexibility index (Phi) is 6.86. The Morgan fingerprint density at radius 3 is 2.39 bits per heavy atom. The first-order chi connectivity index (χ1) is 14.7. The third-order valence-corrected chi connectivity index (χ3v) is 5.64. The Balaban J connectivity index is 1.76. The zero-order chi connectivity index (χ0) is 22.4. The Morgan fingerprint density at radius 2 is 1.77 bits per heavy atom. The molecule has 8 nitrogen and oxygen atoms in total. The van der Waals surface area contributed by atoms with Crippen LogP contribution in [0.3, 0.4) is 0 Å². The van der Waals surface area contributed by atoms with Gasteiger partial charge >= 0.3 is 5.69 Å². The van der Waals surface area contributed by atoms with E-state index >= 15 is 0 Å². The van der Waals surface area contributed by atoms with Crippen LogP contribution >= 0.6 is 11.8 Å². The predicted octanol–water partition coefficient (Wildman–Crippen LogP) is 2.74. The van der Waals surface area contributed by atoms with Crippen LogP contribution in [0.5, 0.6) is 0 Å². The number of hydrogen-bond acceptors (Lipinski definition) is 6. The van der Waals surface area contributed by atoms with E-state index in [1.165, 1.54) is 5.56 Å². The number of nitrogens with zero attached hydrogens (tertiary/aromatic N) is 2. The second-order valence-corrected chi connectivity index (χ2v) is 8.92. The second kappa shape index (κ2) is 9.57. The lowest BCUT2D eigenvalue weighted by molar-refractivity contribution is -0.120. The summed E-state index contributed by atoms with van der Waals surface area (Å²) in [5.74, 6) is -0.425. The zero-order valence-corrected chi connectivity index (χ0v) is 18.2. The Labute approximate surface area is 183 Å². The number of aromatic nitrogens is 3. The molecular formula is C22H23N5O3S. The average Bonchev–Trinajstić information content (AvgIpc) is 2.73. The minimum Gasteiger partial charge on any atom is -0.271 e. The molecule has 3 aromatic rings. The lowest BCUT2D eigenvalue weighted by Crippen LogP contribution is -2.28. The summed E-state index contributed by atoms with van der Waals surface area (Å²) in [6, 6.07) is 16.9. The van der Waals surface area contributed by atoms with Crippen LogP contribution in [-0.2, 0) is 10.2 Å². The van der Waals surface area contributed by atoms with Gasteiger partial charge in [0.15, 0.2) is 5.03 Å². The highest BCUT2D eigenvalue weighted by Crippen LogP contribution is 2.32. The quantitative estimate of drug-likeness (QED) is 0.311. The summed E-state index contributed by atoms with van der Waals surface area (Å²) in [6.45, 7) is 6.42. The van der Waals surface area contributed by atoms with Crippen LogP contribution in [0.4, 0.5) is 0 Å².